The van der Waals surface area contributed by atoms with Gasteiger partial charge in [0.15, 0.2) is 0 Å². The molecule has 0 aliphatic carbocycles. The van der Waals surface area contributed by atoms with Crippen LogP contribution in [0, 0.1) is 0 Å². The Balaban J connectivity index is 1.99. The van der Waals surface area contributed by atoms with Crippen LogP contribution in [0.2, 0.25) is 0 Å². The molecular weight excluding hydrogens is 220 g/mol. The highest BCUT2D eigenvalue weighted by molar-refractivity contribution is 7.99. The lowest BCUT2D eigenvalue weighted by Crippen LogP contribution is -2.32. The minimum atomic E-state index is 0.0123. The quantitative estimate of drug-likeness (QED) is 0.856. The lowest BCUT2D eigenvalue weighted by atomic mass is 10.1. The summed E-state index contributed by atoms with van der Waals surface area (Å²) >= 11 is 1.79. The molecule has 1 aliphatic heterocycles. The molecule has 0 saturated carbocycles. The van der Waals surface area contributed by atoms with Gasteiger partial charge in [0.05, 0.1) is 5.88 Å². The summed E-state index contributed by atoms with van der Waals surface area (Å²) in [6.45, 7) is 2.96. The number of thioether (sulfide) groups is 1. The molecule has 1 aliphatic rings. The second-order valence-electron chi connectivity index (χ2n) is 3.78. The van der Waals surface area contributed by atoms with E-state index in [-0.39, 0.29) is 6.03 Å². The van der Waals surface area contributed by atoms with Crippen molar-refractivity contribution in [2.24, 2.45) is 0 Å². The molecule has 0 radical (unpaired) electrons. The van der Waals surface area contributed by atoms with Gasteiger partial charge < -0.3 is 10.2 Å². The molecule has 1 aromatic carbocycles. The third kappa shape index (κ3) is 2.70. The number of nitrogens with one attached hydrogen (secondary N) is 1. The van der Waals surface area contributed by atoms with E-state index < -0.39 is 0 Å². The van der Waals surface area contributed by atoms with E-state index >= 15 is 0 Å². The minimum Gasteiger partial charge on any atom is -0.314 e. The Morgan fingerprint density at radius 2 is 2.44 bits per heavy atom. The van der Waals surface area contributed by atoms with Gasteiger partial charge in [-0.3, -0.25) is 0 Å². The second-order valence-corrected chi connectivity index (χ2v) is 4.86. The van der Waals surface area contributed by atoms with Gasteiger partial charge in [0.2, 0.25) is 0 Å². The zero-order valence-corrected chi connectivity index (χ0v) is 10.2. The number of hydrogen-bond acceptors (Lipinski definition) is 2. The molecule has 1 heterocycles. The fourth-order valence-electron chi connectivity index (χ4n) is 1.65. The molecule has 0 atom stereocenters. The average molecular weight is 236 g/mol. The monoisotopic (exact) mass is 236 g/mol. The van der Waals surface area contributed by atoms with Gasteiger partial charge in [-0.25, -0.2) is 4.79 Å². The van der Waals surface area contributed by atoms with Crippen molar-refractivity contribution < 1.29 is 4.79 Å². The van der Waals surface area contributed by atoms with Gasteiger partial charge in [0.1, 0.15) is 0 Å². The van der Waals surface area contributed by atoms with Crippen LogP contribution in [0.1, 0.15) is 12.5 Å². The first-order valence-electron chi connectivity index (χ1n) is 5.52. The Morgan fingerprint density at radius 1 is 1.56 bits per heavy atom. The van der Waals surface area contributed by atoms with Crippen molar-refractivity contribution in [2.75, 3.05) is 23.5 Å². The summed E-state index contributed by atoms with van der Waals surface area (Å²) in [5, 5.41) is 2.93. The lowest BCUT2D eigenvalue weighted by Gasteiger charge is -2.15. The maximum Gasteiger partial charge on any atom is 0.322 e. The van der Waals surface area contributed by atoms with Crippen molar-refractivity contribution in [3.63, 3.8) is 0 Å². The number of carbonyl (C=O) groups excluding carboxylic acids is 1. The lowest BCUT2D eigenvalue weighted by molar-refractivity contribution is 0.225. The maximum atomic E-state index is 11.8. The Hall–Kier alpha value is -1.16. The number of urea groups is 1. The number of rotatable bonds is 2. The van der Waals surface area contributed by atoms with Crippen molar-refractivity contribution in [3.8, 4) is 0 Å². The third-order valence-corrected chi connectivity index (χ3v) is 3.59. The third-order valence-electron chi connectivity index (χ3n) is 2.63. The van der Waals surface area contributed by atoms with Crippen LogP contribution < -0.4 is 5.32 Å². The minimum absolute atomic E-state index is 0.0123. The van der Waals surface area contributed by atoms with Gasteiger partial charge in [-0.2, -0.15) is 0 Å². The molecule has 0 spiro atoms. The average Bonchev–Trinajstić information content (AvgIpc) is 2.83. The molecule has 3 nitrogen and oxygen atoms in total. The smallest absolute Gasteiger partial charge is 0.314 e. The number of anilines is 1. The first-order chi connectivity index (χ1) is 7.79. The number of amides is 2. The molecule has 1 aromatic rings. The molecule has 1 fully saturated rings. The molecular formula is C12H16N2OS. The van der Waals surface area contributed by atoms with Gasteiger partial charge in [0.25, 0.3) is 0 Å². The summed E-state index contributed by atoms with van der Waals surface area (Å²) < 4.78 is 0. The van der Waals surface area contributed by atoms with E-state index in [0.29, 0.717) is 0 Å². The summed E-state index contributed by atoms with van der Waals surface area (Å²) in [6.07, 6.45) is 0.989. The van der Waals surface area contributed by atoms with Crippen LogP contribution >= 0.6 is 11.8 Å². The predicted molar refractivity (Wildman–Crippen MR) is 68.9 cm³/mol. The highest BCUT2D eigenvalue weighted by Gasteiger charge is 2.17. The summed E-state index contributed by atoms with van der Waals surface area (Å²) in [6, 6.07) is 8.02. The molecule has 0 unspecified atom stereocenters. The molecule has 0 aromatic heterocycles. The summed E-state index contributed by atoms with van der Waals surface area (Å²) in [5.41, 5.74) is 2.13. The first kappa shape index (κ1) is 11.3. The topological polar surface area (TPSA) is 32.3 Å². The Kier molecular flexibility index (Phi) is 3.72. The molecule has 1 N–H and O–H groups in total. The van der Waals surface area contributed by atoms with Crippen LogP contribution in [0.25, 0.3) is 0 Å². The molecule has 0 bridgehead atoms. The van der Waals surface area contributed by atoms with Gasteiger partial charge in [-0.15, -0.1) is 11.8 Å². The molecule has 1 saturated heterocycles. The number of carbonyl (C=O) groups is 1. The van der Waals surface area contributed by atoms with Crippen LogP contribution in [-0.2, 0) is 6.42 Å². The zero-order chi connectivity index (χ0) is 11.4. The van der Waals surface area contributed by atoms with Crippen LogP contribution in [0.5, 0.6) is 0 Å². The molecule has 4 heteroatoms. The van der Waals surface area contributed by atoms with Crippen LogP contribution in [0.3, 0.4) is 0 Å². The van der Waals surface area contributed by atoms with E-state index in [0.717, 1.165) is 30.3 Å². The zero-order valence-electron chi connectivity index (χ0n) is 9.40. The van der Waals surface area contributed by atoms with E-state index in [9.17, 15) is 4.79 Å². The normalized spacial score (nSPS) is 15.2. The van der Waals surface area contributed by atoms with Crippen molar-refractivity contribution in [2.45, 2.75) is 13.3 Å². The molecule has 2 amide bonds. The molecule has 2 rings (SSSR count). The number of hydrogen-bond donors (Lipinski definition) is 1. The number of nitrogens with zero attached hydrogens (tertiary/aromatic N) is 1. The summed E-state index contributed by atoms with van der Waals surface area (Å²) in [4.78, 5) is 13.7. The van der Waals surface area contributed by atoms with Gasteiger partial charge in [-0.05, 0) is 24.1 Å². The van der Waals surface area contributed by atoms with Crippen molar-refractivity contribution >= 4 is 23.5 Å². The highest BCUT2D eigenvalue weighted by Crippen LogP contribution is 2.16. The Labute approximate surface area is 100 Å². The largest absolute Gasteiger partial charge is 0.322 e. The fraction of sp³-hybridized carbons (Fsp3) is 0.417. The van der Waals surface area contributed by atoms with Crippen LogP contribution in [0.4, 0.5) is 10.5 Å². The van der Waals surface area contributed by atoms with Crippen molar-refractivity contribution in [3.05, 3.63) is 29.8 Å². The highest BCUT2D eigenvalue weighted by atomic mass is 32.2. The van der Waals surface area contributed by atoms with Gasteiger partial charge >= 0.3 is 6.03 Å². The predicted octanol–water partition coefficient (Wildman–Crippen LogP) is 2.79. The van der Waals surface area contributed by atoms with Gasteiger partial charge in [0, 0.05) is 18.0 Å². The van der Waals surface area contributed by atoms with Crippen molar-refractivity contribution in [1.82, 2.24) is 4.90 Å². The SMILES string of the molecule is CCc1cccc(NC(=O)N2CCSC2)c1. The van der Waals surface area contributed by atoms with E-state index in [1.807, 2.05) is 23.1 Å². The fourth-order valence-corrected chi connectivity index (χ4v) is 2.59. The summed E-state index contributed by atoms with van der Waals surface area (Å²) in [7, 11) is 0. The number of aryl methyl sites for hydroxylation is 1. The molecule has 86 valence electrons. The van der Waals surface area contributed by atoms with E-state index in [2.05, 4.69) is 18.3 Å². The van der Waals surface area contributed by atoms with E-state index in [4.69, 9.17) is 0 Å². The maximum absolute atomic E-state index is 11.8. The Bertz CT molecular complexity index is 375. The first-order valence-corrected chi connectivity index (χ1v) is 6.67. The summed E-state index contributed by atoms with van der Waals surface area (Å²) in [5.74, 6) is 1.85. The second kappa shape index (κ2) is 5.25. The van der Waals surface area contributed by atoms with Crippen molar-refractivity contribution in [1.29, 1.82) is 0 Å². The van der Waals surface area contributed by atoms with Crippen LogP contribution in [-0.4, -0.2) is 29.1 Å². The number of benzene rings is 1. The van der Waals surface area contributed by atoms with Gasteiger partial charge in [-0.1, -0.05) is 19.1 Å². The Morgan fingerprint density at radius 3 is 3.12 bits per heavy atom. The van der Waals surface area contributed by atoms with E-state index in [1.165, 1.54) is 5.56 Å². The van der Waals surface area contributed by atoms with E-state index in [1.54, 1.807) is 11.8 Å². The standard InChI is InChI=1S/C12H16N2OS/c1-2-10-4-3-5-11(8-10)13-12(15)14-6-7-16-9-14/h3-5,8H,2,6-7,9H2,1H3,(H,13,15). The molecule has 16 heavy (non-hydrogen) atoms. The van der Waals surface area contributed by atoms with Crippen LogP contribution in [0.15, 0.2) is 24.3 Å².